The zero-order chi connectivity index (χ0) is 24.2. The Bertz CT molecular complexity index is 1430. The maximum atomic E-state index is 12.3. The Morgan fingerprint density at radius 3 is 2.66 bits per heavy atom. The van der Waals surface area contributed by atoms with Crippen molar-refractivity contribution in [3.8, 4) is 16.9 Å². The molecule has 0 aliphatic heterocycles. The smallest absolute Gasteiger partial charge is 0.283 e. The predicted octanol–water partition coefficient (Wildman–Crippen LogP) is 5.25. The highest BCUT2D eigenvalue weighted by atomic mass is 32.1. The van der Waals surface area contributed by atoms with E-state index in [9.17, 15) is 4.79 Å². The number of hydrazone groups is 1. The van der Waals surface area contributed by atoms with Gasteiger partial charge in [-0.15, -0.1) is 0 Å². The van der Waals surface area contributed by atoms with Crippen molar-refractivity contribution in [2.75, 3.05) is 5.73 Å². The van der Waals surface area contributed by atoms with Crippen molar-refractivity contribution in [3.05, 3.63) is 107 Å². The minimum atomic E-state index is -0.325. The number of aryl methyl sites for hydroxylation is 1. The summed E-state index contributed by atoms with van der Waals surface area (Å²) in [5.74, 6) is -0.0700. The number of anilines is 1. The highest BCUT2D eigenvalue weighted by molar-refractivity contribution is 7.17. The Kier molecular flexibility index (Phi) is 6.36. The van der Waals surface area contributed by atoms with E-state index in [4.69, 9.17) is 10.8 Å². The molecule has 8 heteroatoms. The first-order valence-corrected chi connectivity index (χ1v) is 12.1. The zero-order valence-corrected chi connectivity index (χ0v) is 19.9. The molecule has 1 amide bonds. The van der Waals surface area contributed by atoms with Gasteiger partial charge in [0.05, 0.1) is 29.0 Å². The number of thiazole rings is 1. The monoisotopic (exact) mass is 480 g/mol. The molecule has 3 N–H and O–H groups in total. The average molecular weight is 481 g/mol. The lowest BCUT2D eigenvalue weighted by Gasteiger charge is -2.15. The Morgan fingerprint density at radius 1 is 1.17 bits per heavy atom. The van der Waals surface area contributed by atoms with Gasteiger partial charge >= 0.3 is 0 Å². The SMILES string of the molecule is Cc1nc(N)sc1C(=O)NN=Cc1ccc(-n2nc(-c3ccccc3)cc2[C@@H]2C=CC=CC2)cc1. The van der Waals surface area contributed by atoms with Gasteiger partial charge in [-0.3, -0.25) is 4.79 Å². The number of carbonyl (C=O) groups is 1. The van der Waals surface area contributed by atoms with Crippen LogP contribution >= 0.6 is 11.3 Å². The molecule has 0 unspecified atom stereocenters. The minimum Gasteiger partial charge on any atom is -0.375 e. The number of aromatic nitrogens is 3. The highest BCUT2D eigenvalue weighted by Crippen LogP contribution is 2.30. The summed E-state index contributed by atoms with van der Waals surface area (Å²) < 4.78 is 2.01. The van der Waals surface area contributed by atoms with Gasteiger partial charge in [0.25, 0.3) is 5.91 Å². The average Bonchev–Trinajstić information content (AvgIpc) is 3.48. The normalized spacial score (nSPS) is 15.1. The molecule has 5 rings (SSSR count). The number of nitrogen functional groups attached to an aromatic ring is 1. The van der Waals surface area contributed by atoms with E-state index >= 15 is 0 Å². The van der Waals surface area contributed by atoms with Gasteiger partial charge in [0, 0.05) is 11.5 Å². The van der Waals surface area contributed by atoms with E-state index in [0.717, 1.165) is 46.0 Å². The predicted molar refractivity (Wildman–Crippen MR) is 141 cm³/mol. The molecule has 2 aromatic heterocycles. The van der Waals surface area contributed by atoms with E-state index in [2.05, 4.69) is 58.0 Å². The van der Waals surface area contributed by atoms with Gasteiger partial charge < -0.3 is 5.73 Å². The van der Waals surface area contributed by atoms with Crippen molar-refractivity contribution in [2.24, 2.45) is 5.10 Å². The third-order valence-electron chi connectivity index (χ3n) is 5.70. The highest BCUT2D eigenvalue weighted by Gasteiger charge is 2.18. The molecule has 0 bridgehead atoms. The van der Waals surface area contributed by atoms with Crippen LogP contribution in [0.4, 0.5) is 5.13 Å². The fraction of sp³-hybridized carbons (Fsp3) is 0.111. The van der Waals surface area contributed by atoms with Gasteiger partial charge in [0.1, 0.15) is 4.88 Å². The summed E-state index contributed by atoms with van der Waals surface area (Å²) in [5, 5.41) is 9.38. The zero-order valence-electron chi connectivity index (χ0n) is 19.1. The summed E-state index contributed by atoms with van der Waals surface area (Å²) in [6.07, 6.45) is 11.1. The Morgan fingerprint density at radius 2 is 1.97 bits per heavy atom. The van der Waals surface area contributed by atoms with Crippen LogP contribution in [0.15, 0.2) is 90.1 Å². The molecule has 4 aromatic rings. The van der Waals surface area contributed by atoms with Crippen molar-refractivity contribution >= 4 is 28.6 Å². The molecule has 1 aliphatic rings. The summed E-state index contributed by atoms with van der Waals surface area (Å²) in [6.45, 7) is 1.75. The number of rotatable bonds is 6. The molecule has 2 heterocycles. The van der Waals surface area contributed by atoms with Crippen LogP contribution in [0.5, 0.6) is 0 Å². The number of nitrogens with two attached hydrogens (primary N) is 1. The van der Waals surface area contributed by atoms with E-state index in [0.29, 0.717) is 15.7 Å². The minimum absolute atomic E-state index is 0.255. The summed E-state index contributed by atoms with van der Waals surface area (Å²) in [7, 11) is 0. The van der Waals surface area contributed by atoms with Crippen molar-refractivity contribution in [3.63, 3.8) is 0 Å². The third kappa shape index (κ3) is 4.97. The molecule has 35 heavy (non-hydrogen) atoms. The number of hydrogen-bond acceptors (Lipinski definition) is 6. The molecular formula is C27H24N6OS. The van der Waals surface area contributed by atoms with Crippen molar-refractivity contribution in [1.82, 2.24) is 20.2 Å². The first-order valence-electron chi connectivity index (χ1n) is 11.2. The van der Waals surface area contributed by atoms with E-state index in [1.807, 2.05) is 47.1 Å². The van der Waals surface area contributed by atoms with Crippen LogP contribution in [0, 0.1) is 6.92 Å². The largest absolute Gasteiger partial charge is 0.375 e. The Balaban J connectivity index is 1.37. The van der Waals surface area contributed by atoms with Crippen LogP contribution in [0.25, 0.3) is 16.9 Å². The molecule has 0 spiro atoms. The van der Waals surface area contributed by atoms with Crippen molar-refractivity contribution < 1.29 is 4.79 Å². The summed E-state index contributed by atoms with van der Waals surface area (Å²) in [6, 6.07) is 20.3. The van der Waals surface area contributed by atoms with Crippen molar-refractivity contribution in [1.29, 1.82) is 0 Å². The summed E-state index contributed by atoms with van der Waals surface area (Å²) in [5.41, 5.74) is 13.8. The molecule has 0 saturated carbocycles. The summed E-state index contributed by atoms with van der Waals surface area (Å²) >= 11 is 1.14. The van der Waals surface area contributed by atoms with Gasteiger partial charge in [-0.05, 0) is 37.1 Å². The number of benzene rings is 2. The van der Waals surface area contributed by atoms with Crippen molar-refractivity contribution in [2.45, 2.75) is 19.3 Å². The van der Waals surface area contributed by atoms with Crippen LogP contribution in [0.1, 0.15) is 39.0 Å². The van der Waals surface area contributed by atoms with Gasteiger partial charge in [0.15, 0.2) is 5.13 Å². The number of nitrogens with one attached hydrogen (secondary N) is 1. The molecule has 0 radical (unpaired) electrons. The number of nitrogens with zero attached hydrogens (tertiary/aromatic N) is 4. The Labute approximate surface area is 207 Å². The topological polar surface area (TPSA) is 98.2 Å². The number of amides is 1. The second kappa shape index (κ2) is 9.90. The quantitative estimate of drug-likeness (QED) is 0.291. The maximum Gasteiger partial charge on any atom is 0.283 e. The lowest BCUT2D eigenvalue weighted by atomic mass is 9.96. The number of hydrogen-bond donors (Lipinski definition) is 2. The second-order valence-corrected chi connectivity index (χ2v) is 9.18. The number of carbonyl (C=O) groups excluding carboxylic acids is 1. The molecule has 0 fully saturated rings. The van der Waals surface area contributed by atoms with Crippen LogP contribution in [-0.4, -0.2) is 26.9 Å². The molecular weight excluding hydrogens is 456 g/mol. The van der Waals surface area contributed by atoms with Crippen LogP contribution < -0.4 is 11.2 Å². The van der Waals surface area contributed by atoms with Gasteiger partial charge in [0.2, 0.25) is 0 Å². The fourth-order valence-corrected chi connectivity index (χ4v) is 4.69. The molecule has 7 nitrogen and oxygen atoms in total. The van der Waals surface area contributed by atoms with E-state index in [1.165, 1.54) is 0 Å². The first kappa shape index (κ1) is 22.5. The molecule has 1 aliphatic carbocycles. The maximum absolute atomic E-state index is 12.3. The van der Waals surface area contributed by atoms with Crippen LogP contribution in [0.2, 0.25) is 0 Å². The van der Waals surface area contributed by atoms with Gasteiger partial charge in [-0.1, -0.05) is 78.1 Å². The van der Waals surface area contributed by atoms with E-state index in [-0.39, 0.29) is 11.8 Å². The van der Waals surface area contributed by atoms with Gasteiger partial charge in [-0.2, -0.15) is 10.2 Å². The molecule has 1 atom stereocenters. The molecule has 2 aromatic carbocycles. The molecule has 174 valence electrons. The number of allylic oxidation sites excluding steroid dienone is 4. The lowest BCUT2D eigenvalue weighted by Crippen LogP contribution is -2.17. The third-order valence-corrected chi connectivity index (χ3v) is 6.69. The van der Waals surface area contributed by atoms with Crippen LogP contribution in [0.3, 0.4) is 0 Å². The fourth-order valence-electron chi connectivity index (χ4n) is 3.96. The Hall–Kier alpha value is -4.30. The standard InChI is InChI=1S/C27H24N6OS/c1-18-25(35-27(28)30-18)26(34)31-29-17-19-12-14-22(15-13-19)33-24(21-10-6-3-7-11-21)16-23(32-33)20-8-4-2-5-9-20/h2-10,12-17,21H,11H2,1H3,(H2,28,30)(H,31,34)/t21-/m1/s1. The lowest BCUT2D eigenvalue weighted by molar-refractivity contribution is 0.0958. The first-order chi connectivity index (χ1) is 17.1. The van der Waals surface area contributed by atoms with E-state index in [1.54, 1.807) is 13.1 Å². The van der Waals surface area contributed by atoms with Crippen LogP contribution in [-0.2, 0) is 0 Å². The van der Waals surface area contributed by atoms with Gasteiger partial charge in [-0.25, -0.2) is 15.1 Å². The second-order valence-electron chi connectivity index (χ2n) is 8.14. The van der Waals surface area contributed by atoms with E-state index < -0.39 is 0 Å². The molecule has 0 saturated heterocycles. The summed E-state index contributed by atoms with van der Waals surface area (Å²) in [4.78, 5) is 16.8.